The molecule has 2 nitrogen and oxygen atoms in total. The van der Waals surface area contributed by atoms with Crippen molar-refractivity contribution in [2.24, 2.45) is 5.84 Å². The standard InChI is InChI=1S/C7H9BrN2.ClH/c1-5-4-6(10-9)2-3-7(5)8;/h2-4,10H,9H2,1H3;1H. The van der Waals surface area contributed by atoms with Gasteiger partial charge in [-0.2, -0.15) is 0 Å². The SMILES string of the molecule is Cc1cc(NN)ccc1Br.Cl. The maximum Gasteiger partial charge on any atom is 0.0488 e. The fraction of sp³-hybridized carbons (Fsp3) is 0.143. The van der Waals surface area contributed by atoms with Gasteiger partial charge in [-0.25, -0.2) is 0 Å². The summed E-state index contributed by atoms with van der Waals surface area (Å²) in [6.07, 6.45) is 0. The summed E-state index contributed by atoms with van der Waals surface area (Å²) in [5.74, 6) is 5.20. The molecule has 4 heteroatoms. The van der Waals surface area contributed by atoms with Crippen molar-refractivity contribution in [1.82, 2.24) is 0 Å². The summed E-state index contributed by atoms with van der Waals surface area (Å²) in [5, 5.41) is 0. The predicted octanol–water partition coefficient (Wildman–Crippen LogP) is 2.46. The summed E-state index contributed by atoms with van der Waals surface area (Å²) in [6, 6.07) is 5.85. The summed E-state index contributed by atoms with van der Waals surface area (Å²) < 4.78 is 1.10. The average molecular weight is 238 g/mol. The maximum atomic E-state index is 5.20. The zero-order chi connectivity index (χ0) is 7.56. The van der Waals surface area contributed by atoms with Crippen LogP contribution in [-0.4, -0.2) is 0 Å². The van der Waals surface area contributed by atoms with Crippen LogP contribution in [0.1, 0.15) is 5.56 Å². The van der Waals surface area contributed by atoms with Gasteiger partial charge in [0, 0.05) is 10.2 Å². The van der Waals surface area contributed by atoms with Crippen LogP contribution in [-0.2, 0) is 0 Å². The number of hydrazine groups is 1. The van der Waals surface area contributed by atoms with Gasteiger partial charge in [0.25, 0.3) is 0 Å². The summed E-state index contributed by atoms with van der Waals surface area (Å²) in [7, 11) is 0. The highest BCUT2D eigenvalue weighted by Gasteiger charge is 1.93. The largest absolute Gasteiger partial charge is 0.324 e. The van der Waals surface area contributed by atoms with Crippen molar-refractivity contribution in [3.05, 3.63) is 28.2 Å². The first kappa shape index (κ1) is 10.8. The van der Waals surface area contributed by atoms with Crippen molar-refractivity contribution in [1.29, 1.82) is 0 Å². The van der Waals surface area contributed by atoms with Crippen molar-refractivity contribution in [3.63, 3.8) is 0 Å². The number of aryl methyl sites for hydroxylation is 1. The molecule has 11 heavy (non-hydrogen) atoms. The maximum absolute atomic E-state index is 5.20. The number of anilines is 1. The molecule has 0 saturated heterocycles. The quantitative estimate of drug-likeness (QED) is 0.582. The molecular formula is C7H10BrClN2. The molecule has 0 aliphatic rings. The Morgan fingerprint density at radius 1 is 1.45 bits per heavy atom. The number of nitrogen functional groups attached to an aromatic ring is 1. The van der Waals surface area contributed by atoms with Crippen molar-refractivity contribution < 1.29 is 0 Å². The van der Waals surface area contributed by atoms with Gasteiger partial charge in [-0.3, -0.25) is 5.84 Å². The number of rotatable bonds is 1. The molecule has 0 unspecified atom stereocenters. The minimum Gasteiger partial charge on any atom is -0.324 e. The molecule has 0 atom stereocenters. The second-order valence-corrected chi connectivity index (χ2v) is 2.96. The molecule has 1 rings (SSSR count). The van der Waals surface area contributed by atoms with Gasteiger partial charge in [0.15, 0.2) is 0 Å². The number of benzene rings is 1. The summed E-state index contributed by atoms with van der Waals surface area (Å²) >= 11 is 3.39. The van der Waals surface area contributed by atoms with E-state index < -0.39 is 0 Å². The van der Waals surface area contributed by atoms with Crippen LogP contribution in [0.3, 0.4) is 0 Å². The van der Waals surface area contributed by atoms with Gasteiger partial charge >= 0.3 is 0 Å². The highest BCUT2D eigenvalue weighted by Crippen LogP contribution is 2.18. The third kappa shape index (κ3) is 2.69. The number of hydrogen-bond donors (Lipinski definition) is 2. The summed E-state index contributed by atoms with van der Waals surface area (Å²) in [6.45, 7) is 2.02. The molecular weight excluding hydrogens is 227 g/mol. The smallest absolute Gasteiger partial charge is 0.0488 e. The van der Waals surface area contributed by atoms with E-state index in [1.807, 2.05) is 25.1 Å². The van der Waals surface area contributed by atoms with E-state index in [1.54, 1.807) is 0 Å². The Balaban J connectivity index is 0.000001000. The fourth-order valence-electron chi connectivity index (χ4n) is 0.734. The molecule has 0 spiro atoms. The number of nitrogens with one attached hydrogen (secondary N) is 1. The second-order valence-electron chi connectivity index (χ2n) is 2.11. The molecule has 1 aromatic rings. The second kappa shape index (κ2) is 4.59. The van der Waals surface area contributed by atoms with E-state index in [-0.39, 0.29) is 12.4 Å². The van der Waals surface area contributed by atoms with Gasteiger partial charge in [-0.1, -0.05) is 15.9 Å². The molecule has 0 fully saturated rings. The number of nitrogens with two attached hydrogens (primary N) is 1. The van der Waals surface area contributed by atoms with Crippen molar-refractivity contribution in [2.45, 2.75) is 6.92 Å². The number of hydrogen-bond acceptors (Lipinski definition) is 2. The van der Waals surface area contributed by atoms with E-state index in [2.05, 4.69) is 21.4 Å². The van der Waals surface area contributed by atoms with Crippen molar-refractivity contribution in [2.75, 3.05) is 5.43 Å². The molecule has 62 valence electrons. The fourth-order valence-corrected chi connectivity index (χ4v) is 0.981. The van der Waals surface area contributed by atoms with Crippen LogP contribution >= 0.6 is 28.3 Å². The lowest BCUT2D eigenvalue weighted by molar-refractivity contribution is 1.32. The van der Waals surface area contributed by atoms with Crippen LogP contribution < -0.4 is 11.3 Å². The Labute approximate surface area is 80.7 Å². The van der Waals surface area contributed by atoms with Gasteiger partial charge < -0.3 is 5.43 Å². The lowest BCUT2D eigenvalue weighted by Crippen LogP contribution is -2.06. The van der Waals surface area contributed by atoms with Gasteiger partial charge in [0.05, 0.1) is 0 Å². The minimum absolute atomic E-state index is 0. The average Bonchev–Trinajstić information content (AvgIpc) is 1.95. The predicted molar refractivity (Wildman–Crippen MR) is 53.9 cm³/mol. The van der Waals surface area contributed by atoms with E-state index >= 15 is 0 Å². The molecule has 0 aromatic heterocycles. The van der Waals surface area contributed by atoms with E-state index in [1.165, 1.54) is 5.56 Å². The first-order valence-corrected chi connectivity index (χ1v) is 3.76. The molecule has 3 N–H and O–H groups in total. The Morgan fingerprint density at radius 2 is 2.09 bits per heavy atom. The van der Waals surface area contributed by atoms with Crippen LogP contribution in [0.2, 0.25) is 0 Å². The Morgan fingerprint density at radius 3 is 2.55 bits per heavy atom. The van der Waals surface area contributed by atoms with Crippen LogP contribution in [0.4, 0.5) is 5.69 Å². The first-order chi connectivity index (χ1) is 4.74. The van der Waals surface area contributed by atoms with Gasteiger partial charge in [0.1, 0.15) is 0 Å². The first-order valence-electron chi connectivity index (χ1n) is 2.97. The van der Waals surface area contributed by atoms with E-state index in [0.29, 0.717) is 0 Å². The normalized spacial score (nSPS) is 8.64. The molecule has 0 radical (unpaired) electrons. The Kier molecular flexibility index (Phi) is 4.49. The van der Waals surface area contributed by atoms with Crippen LogP contribution in [0.15, 0.2) is 22.7 Å². The monoisotopic (exact) mass is 236 g/mol. The van der Waals surface area contributed by atoms with Crippen LogP contribution in [0.5, 0.6) is 0 Å². The molecule has 1 aromatic carbocycles. The van der Waals surface area contributed by atoms with Gasteiger partial charge in [-0.05, 0) is 30.7 Å². The zero-order valence-corrected chi connectivity index (χ0v) is 8.50. The lowest BCUT2D eigenvalue weighted by atomic mass is 10.2. The Hall–Kier alpha value is -0.250. The van der Waals surface area contributed by atoms with E-state index in [4.69, 9.17) is 5.84 Å². The topological polar surface area (TPSA) is 38.0 Å². The van der Waals surface area contributed by atoms with Crippen molar-refractivity contribution in [3.8, 4) is 0 Å². The number of halogens is 2. The molecule has 0 aliphatic heterocycles. The van der Waals surface area contributed by atoms with E-state index in [0.717, 1.165) is 10.2 Å². The third-order valence-electron chi connectivity index (χ3n) is 1.32. The van der Waals surface area contributed by atoms with Gasteiger partial charge in [-0.15, -0.1) is 12.4 Å². The van der Waals surface area contributed by atoms with Crippen molar-refractivity contribution >= 4 is 34.0 Å². The molecule has 0 aliphatic carbocycles. The molecule has 0 saturated carbocycles. The molecule has 0 amide bonds. The minimum atomic E-state index is 0. The molecule has 0 heterocycles. The highest BCUT2D eigenvalue weighted by atomic mass is 79.9. The zero-order valence-electron chi connectivity index (χ0n) is 6.10. The van der Waals surface area contributed by atoms with Crippen LogP contribution in [0, 0.1) is 6.92 Å². The highest BCUT2D eigenvalue weighted by molar-refractivity contribution is 9.10. The van der Waals surface area contributed by atoms with Gasteiger partial charge in [0.2, 0.25) is 0 Å². The molecule has 0 bridgehead atoms. The Bertz CT molecular complexity index is 240. The lowest BCUT2D eigenvalue weighted by Gasteiger charge is -2.01. The summed E-state index contributed by atoms with van der Waals surface area (Å²) in [4.78, 5) is 0. The van der Waals surface area contributed by atoms with E-state index in [9.17, 15) is 0 Å². The third-order valence-corrected chi connectivity index (χ3v) is 2.21. The summed E-state index contributed by atoms with van der Waals surface area (Å²) in [5.41, 5.74) is 4.68. The van der Waals surface area contributed by atoms with Crippen LogP contribution in [0.25, 0.3) is 0 Å².